The summed E-state index contributed by atoms with van der Waals surface area (Å²) in [5.74, 6) is 0.000000000000000444. The van der Waals surface area contributed by atoms with E-state index in [0.717, 1.165) is 11.1 Å². The second kappa shape index (κ2) is 2.83. The third-order valence-corrected chi connectivity index (χ3v) is 2.05. The smallest absolute Gasteiger partial charge is 0.338 e. The lowest BCUT2D eigenvalue weighted by Gasteiger charge is -2.00. The van der Waals surface area contributed by atoms with Gasteiger partial charge in [-0.3, -0.25) is 0 Å². The molecule has 0 bridgehead atoms. The summed E-state index contributed by atoms with van der Waals surface area (Å²) in [7, 11) is 0. The van der Waals surface area contributed by atoms with Crippen molar-refractivity contribution in [3.8, 4) is 0 Å². The molecule has 0 saturated carbocycles. The summed E-state index contributed by atoms with van der Waals surface area (Å²) in [5, 5.41) is 0.684. The quantitative estimate of drug-likeness (QED) is 0.632. The zero-order valence-electron chi connectivity index (χ0n) is 7.79. The fraction of sp³-hybridized carbons (Fsp3) is 0.200. The van der Waals surface area contributed by atoms with E-state index >= 15 is 0 Å². The van der Waals surface area contributed by atoms with Crippen LogP contribution in [0.4, 0.5) is 0 Å². The van der Waals surface area contributed by atoms with Crippen molar-refractivity contribution in [2.75, 3.05) is 0 Å². The average Bonchev–Trinajstić information content (AvgIpc) is 1.99. The Hall–Kier alpha value is -1.84. The summed E-state index contributed by atoms with van der Waals surface area (Å²) in [6.45, 7) is 3.54. The third-order valence-electron chi connectivity index (χ3n) is 2.05. The van der Waals surface area contributed by atoms with E-state index in [1.54, 1.807) is 13.8 Å². The van der Waals surface area contributed by atoms with Crippen LogP contribution in [0.5, 0.6) is 0 Å². The molecule has 0 atom stereocenters. The van der Waals surface area contributed by atoms with Gasteiger partial charge in [-0.25, -0.2) is 9.59 Å². The van der Waals surface area contributed by atoms with Gasteiger partial charge in [0, 0.05) is 12.1 Å². The fourth-order valence-corrected chi connectivity index (χ4v) is 1.50. The van der Waals surface area contributed by atoms with E-state index in [1.165, 1.54) is 12.1 Å². The molecule has 0 aliphatic heterocycles. The first-order chi connectivity index (χ1) is 6.58. The minimum Gasteiger partial charge on any atom is -0.389 e. The second-order valence-corrected chi connectivity index (χ2v) is 3.16. The van der Waals surface area contributed by atoms with Crippen LogP contribution in [0.3, 0.4) is 0 Å². The average molecular weight is 192 g/mol. The molecule has 0 aliphatic carbocycles. The predicted molar refractivity (Wildman–Crippen MR) is 50.5 cm³/mol. The minimum atomic E-state index is -0.510. The van der Waals surface area contributed by atoms with Crippen LogP contribution >= 0.6 is 0 Å². The van der Waals surface area contributed by atoms with E-state index < -0.39 is 11.3 Å². The van der Waals surface area contributed by atoms with Crippen LogP contribution in [0.2, 0.25) is 0 Å². The molecule has 0 N–H and O–H groups in total. The molecule has 2 heterocycles. The fourth-order valence-electron chi connectivity index (χ4n) is 1.50. The monoisotopic (exact) mass is 192 g/mol. The highest BCUT2D eigenvalue weighted by atomic mass is 16.5. The van der Waals surface area contributed by atoms with Gasteiger partial charge in [0.25, 0.3) is 0 Å². The molecule has 0 aliphatic rings. The Labute approximate surface area is 78.8 Å². The minimum absolute atomic E-state index is 0.000000000000000444. The van der Waals surface area contributed by atoms with Gasteiger partial charge in [-0.15, -0.1) is 0 Å². The Balaban J connectivity index is 3.09. The van der Waals surface area contributed by atoms with Gasteiger partial charge in [0.2, 0.25) is 0 Å². The van der Waals surface area contributed by atoms with Gasteiger partial charge in [0.05, 0.1) is 5.39 Å². The maximum Gasteiger partial charge on any atom is 0.338 e. The van der Waals surface area contributed by atoms with Gasteiger partial charge < -0.3 is 8.83 Å². The van der Waals surface area contributed by atoms with Crippen LogP contribution in [0.15, 0.2) is 30.6 Å². The van der Waals surface area contributed by atoms with Gasteiger partial charge in [-0.1, -0.05) is 0 Å². The summed E-state index contributed by atoms with van der Waals surface area (Å²) in [6, 6.07) is 2.74. The van der Waals surface area contributed by atoms with E-state index in [0.29, 0.717) is 5.39 Å². The van der Waals surface area contributed by atoms with Crippen LogP contribution in [0.25, 0.3) is 11.2 Å². The molecule has 72 valence electrons. The zero-order valence-corrected chi connectivity index (χ0v) is 7.79. The highest BCUT2D eigenvalue weighted by Crippen LogP contribution is 2.17. The van der Waals surface area contributed by atoms with E-state index in [-0.39, 0.29) is 5.78 Å². The van der Waals surface area contributed by atoms with Crippen LogP contribution in [0.1, 0.15) is 11.1 Å². The summed E-state index contributed by atoms with van der Waals surface area (Å²) in [6.07, 6.45) is 0. The topological polar surface area (TPSA) is 60.4 Å². The van der Waals surface area contributed by atoms with Gasteiger partial charge >= 0.3 is 17.0 Å². The molecule has 0 fully saturated rings. The van der Waals surface area contributed by atoms with E-state index in [4.69, 9.17) is 8.83 Å². The normalized spacial score (nSPS) is 10.7. The Morgan fingerprint density at radius 2 is 1.36 bits per heavy atom. The van der Waals surface area contributed by atoms with Crippen molar-refractivity contribution >= 4 is 11.2 Å². The number of aryl methyl sites for hydroxylation is 2. The lowest BCUT2D eigenvalue weighted by atomic mass is 10.1. The molecule has 0 radical (unpaired) electrons. The predicted octanol–water partition coefficient (Wildman–Crippen LogP) is 1.36. The Kier molecular flexibility index (Phi) is 1.77. The largest absolute Gasteiger partial charge is 0.389 e. The van der Waals surface area contributed by atoms with Crippen molar-refractivity contribution in [1.29, 1.82) is 0 Å². The summed E-state index contributed by atoms with van der Waals surface area (Å²) >= 11 is 0. The molecule has 0 unspecified atom stereocenters. The lowest BCUT2D eigenvalue weighted by Crippen LogP contribution is -2.03. The summed E-state index contributed by atoms with van der Waals surface area (Å²) in [5.41, 5.74) is 0.475. The first kappa shape index (κ1) is 8.74. The SMILES string of the molecule is Cc1cc(=O)oc2oc(=O)cc(C)c12. The Morgan fingerprint density at radius 3 is 1.79 bits per heavy atom. The van der Waals surface area contributed by atoms with Gasteiger partial charge in [-0.2, -0.15) is 0 Å². The van der Waals surface area contributed by atoms with E-state index in [1.807, 2.05) is 0 Å². The molecule has 2 aromatic heterocycles. The van der Waals surface area contributed by atoms with Crippen molar-refractivity contribution in [2.45, 2.75) is 13.8 Å². The van der Waals surface area contributed by atoms with Gasteiger partial charge in [0.1, 0.15) is 0 Å². The molecular weight excluding hydrogens is 184 g/mol. The summed E-state index contributed by atoms with van der Waals surface area (Å²) in [4.78, 5) is 22.0. The number of hydrogen-bond acceptors (Lipinski definition) is 4. The third kappa shape index (κ3) is 1.25. The lowest BCUT2D eigenvalue weighted by molar-refractivity contribution is 0.424. The highest BCUT2D eigenvalue weighted by molar-refractivity contribution is 5.78. The first-order valence-corrected chi connectivity index (χ1v) is 4.13. The maximum absolute atomic E-state index is 11.0. The molecule has 14 heavy (non-hydrogen) atoms. The Morgan fingerprint density at radius 1 is 0.929 bits per heavy atom. The van der Waals surface area contributed by atoms with Crippen molar-refractivity contribution in [3.05, 3.63) is 44.1 Å². The zero-order chi connectivity index (χ0) is 10.3. The second-order valence-electron chi connectivity index (χ2n) is 3.16. The van der Waals surface area contributed by atoms with Crippen LogP contribution in [-0.4, -0.2) is 0 Å². The molecule has 0 spiro atoms. The standard InChI is InChI=1S/C10H8O4/c1-5-3-7(11)13-10-9(5)6(2)4-8(12)14-10/h3-4H,1-2H3. The van der Waals surface area contributed by atoms with Crippen molar-refractivity contribution in [1.82, 2.24) is 0 Å². The van der Waals surface area contributed by atoms with Gasteiger partial charge in [-0.05, 0) is 25.0 Å². The number of rotatable bonds is 0. The van der Waals surface area contributed by atoms with E-state index in [2.05, 4.69) is 0 Å². The van der Waals surface area contributed by atoms with Crippen LogP contribution in [0, 0.1) is 13.8 Å². The molecule has 0 amide bonds. The van der Waals surface area contributed by atoms with Crippen molar-refractivity contribution in [2.24, 2.45) is 0 Å². The van der Waals surface area contributed by atoms with Crippen molar-refractivity contribution < 1.29 is 8.83 Å². The van der Waals surface area contributed by atoms with Crippen molar-refractivity contribution in [3.63, 3.8) is 0 Å². The van der Waals surface area contributed by atoms with Gasteiger partial charge in [0.15, 0.2) is 0 Å². The summed E-state index contributed by atoms with van der Waals surface area (Å²) < 4.78 is 9.56. The molecule has 4 heteroatoms. The first-order valence-electron chi connectivity index (χ1n) is 4.13. The molecule has 2 aromatic rings. The Bertz CT molecular complexity index is 553. The molecule has 0 aromatic carbocycles. The highest BCUT2D eigenvalue weighted by Gasteiger charge is 2.07. The van der Waals surface area contributed by atoms with Crippen LogP contribution in [-0.2, 0) is 0 Å². The molecule has 2 rings (SSSR count). The maximum atomic E-state index is 11.0. The number of hydrogen-bond donors (Lipinski definition) is 0. The van der Waals surface area contributed by atoms with Crippen LogP contribution < -0.4 is 11.3 Å². The number of fused-ring (bicyclic) bond motifs is 1. The van der Waals surface area contributed by atoms with E-state index in [9.17, 15) is 9.59 Å². The molecule has 4 nitrogen and oxygen atoms in total. The molecule has 0 saturated heterocycles. The molecular formula is C10H8O4.